The summed E-state index contributed by atoms with van der Waals surface area (Å²) in [6, 6.07) is 12.6. The molecule has 5 heteroatoms. The van der Waals surface area contributed by atoms with Crippen LogP contribution in [0.15, 0.2) is 42.5 Å². The number of fused-ring (bicyclic) bond motifs is 1. The van der Waals surface area contributed by atoms with Crippen LogP contribution in [0.5, 0.6) is 5.75 Å². The fraction of sp³-hybridized carbons (Fsp3) is 0.0769. The molecule has 3 rings (SSSR count). The van der Waals surface area contributed by atoms with Crippen LogP contribution in [-0.4, -0.2) is 25.2 Å². The minimum Gasteiger partial charge on any atom is -0.505 e. The number of aliphatic hydroxyl groups is 1. The molecule has 0 amide bonds. The smallest absolute Gasteiger partial charge is 0.148 e. The number of hydrogen-bond acceptors (Lipinski definition) is 4. The monoisotopic (exact) mass is 241 g/mol. The predicted octanol–water partition coefficient (Wildman–Crippen LogP) is 1.62. The zero-order chi connectivity index (χ0) is 12.5. The maximum absolute atomic E-state index is 10.0. The van der Waals surface area contributed by atoms with Gasteiger partial charge in [-0.3, -0.25) is 0 Å². The molecular formula is C13H11N3O2. The molecule has 0 bridgehead atoms. The summed E-state index contributed by atoms with van der Waals surface area (Å²) in [7, 11) is 0. The molecule has 0 fully saturated rings. The van der Waals surface area contributed by atoms with Gasteiger partial charge in [0.05, 0.1) is 6.61 Å². The van der Waals surface area contributed by atoms with Crippen molar-refractivity contribution in [3.8, 4) is 11.4 Å². The van der Waals surface area contributed by atoms with Crippen molar-refractivity contribution >= 4 is 11.0 Å². The first-order valence-electron chi connectivity index (χ1n) is 5.54. The van der Waals surface area contributed by atoms with Crippen molar-refractivity contribution in [3.63, 3.8) is 0 Å². The summed E-state index contributed by atoms with van der Waals surface area (Å²) >= 11 is 0. The summed E-state index contributed by atoms with van der Waals surface area (Å²) in [6.07, 6.45) is 0. The van der Waals surface area contributed by atoms with E-state index in [2.05, 4.69) is 10.2 Å². The van der Waals surface area contributed by atoms with E-state index in [1.54, 1.807) is 18.2 Å². The molecule has 0 aliphatic heterocycles. The quantitative estimate of drug-likeness (QED) is 0.715. The summed E-state index contributed by atoms with van der Waals surface area (Å²) in [5, 5.41) is 27.7. The van der Waals surface area contributed by atoms with E-state index in [0.717, 1.165) is 11.0 Å². The molecule has 90 valence electrons. The van der Waals surface area contributed by atoms with Crippen molar-refractivity contribution in [1.29, 1.82) is 0 Å². The first-order chi connectivity index (χ1) is 8.79. The third-order valence-electron chi connectivity index (χ3n) is 2.77. The fourth-order valence-electron chi connectivity index (χ4n) is 1.83. The highest BCUT2D eigenvalue weighted by molar-refractivity contribution is 5.73. The predicted molar refractivity (Wildman–Crippen MR) is 66.5 cm³/mol. The number of aromatic nitrogens is 3. The highest BCUT2D eigenvalue weighted by atomic mass is 16.3. The van der Waals surface area contributed by atoms with E-state index >= 15 is 0 Å². The molecule has 0 aliphatic carbocycles. The average Bonchev–Trinajstić information content (AvgIpc) is 2.82. The molecule has 1 heterocycles. The van der Waals surface area contributed by atoms with E-state index in [9.17, 15) is 5.11 Å². The van der Waals surface area contributed by atoms with Crippen molar-refractivity contribution in [1.82, 2.24) is 15.0 Å². The summed E-state index contributed by atoms with van der Waals surface area (Å²) in [5.74, 6) is 0.000283. The number of aromatic hydroxyl groups is 1. The molecule has 0 spiro atoms. The van der Waals surface area contributed by atoms with Crippen LogP contribution in [0.4, 0.5) is 0 Å². The molecule has 0 aliphatic rings. The molecule has 2 aromatic carbocycles. The number of para-hydroxylation sites is 1. The summed E-state index contributed by atoms with van der Waals surface area (Å²) in [4.78, 5) is 1.37. The second kappa shape index (κ2) is 4.12. The third-order valence-corrected chi connectivity index (χ3v) is 2.77. The van der Waals surface area contributed by atoms with E-state index in [-0.39, 0.29) is 12.4 Å². The van der Waals surface area contributed by atoms with Crippen molar-refractivity contribution in [2.24, 2.45) is 0 Å². The second-order valence-corrected chi connectivity index (χ2v) is 3.92. The molecule has 0 unspecified atom stereocenters. The summed E-state index contributed by atoms with van der Waals surface area (Å²) < 4.78 is 0. The van der Waals surface area contributed by atoms with Crippen LogP contribution < -0.4 is 0 Å². The Morgan fingerprint density at radius 3 is 2.22 bits per heavy atom. The number of hydrogen-bond donors (Lipinski definition) is 2. The van der Waals surface area contributed by atoms with Crippen LogP contribution in [-0.2, 0) is 6.61 Å². The Morgan fingerprint density at radius 2 is 1.61 bits per heavy atom. The van der Waals surface area contributed by atoms with Gasteiger partial charge in [-0.1, -0.05) is 24.3 Å². The molecule has 0 saturated carbocycles. The fourth-order valence-corrected chi connectivity index (χ4v) is 1.83. The molecule has 0 atom stereocenters. The minimum absolute atomic E-state index is 0.000283. The largest absolute Gasteiger partial charge is 0.505 e. The van der Waals surface area contributed by atoms with Crippen molar-refractivity contribution in [2.45, 2.75) is 6.61 Å². The Bertz CT molecular complexity index is 673. The first kappa shape index (κ1) is 10.7. The molecule has 2 N–H and O–H groups in total. The van der Waals surface area contributed by atoms with Crippen molar-refractivity contribution in [2.75, 3.05) is 0 Å². The van der Waals surface area contributed by atoms with Crippen LogP contribution in [0.2, 0.25) is 0 Å². The number of rotatable bonds is 2. The van der Waals surface area contributed by atoms with Crippen LogP contribution in [0, 0.1) is 0 Å². The Morgan fingerprint density at radius 1 is 0.944 bits per heavy atom. The minimum atomic E-state index is -0.222. The van der Waals surface area contributed by atoms with E-state index in [1.807, 2.05) is 24.3 Å². The SMILES string of the molecule is OCc1cccc(-n2nc3ccccc3n2)c1O. The number of nitrogens with zero attached hydrogens (tertiary/aromatic N) is 3. The number of phenols is 1. The summed E-state index contributed by atoms with van der Waals surface area (Å²) in [6.45, 7) is -0.222. The van der Waals surface area contributed by atoms with Gasteiger partial charge in [-0.15, -0.1) is 15.0 Å². The van der Waals surface area contributed by atoms with Gasteiger partial charge in [-0.25, -0.2) is 0 Å². The lowest BCUT2D eigenvalue weighted by Gasteiger charge is -2.06. The maximum Gasteiger partial charge on any atom is 0.148 e. The van der Waals surface area contributed by atoms with Gasteiger partial charge in [-0.05, 0) is 18.2 Å². The van der Waals surface area contributed by atoms with Crippen LogP contribution in [0.25, 0.3) is 16.7 Å². The highest BCUT2D eigenvalue weighted by Crippen LogP contribution is 2.25. The Hall–Kier alpha value is -2.40. The van der Waals surface area contributed by atoms with E-state index in [1.165, 1.54) is 4.80 Å². The van der Waals surface area contributed by atoms with Crippen LogP contribution >= 0.6 is 0 Å². The zero-order valence-corrected chi connectivity index (χ0v) is 9.48. The van der Waals surface area contributed by atoms with Gasteiger partial charge in [-0.2, -0.15) is 0 Å². The molecule has 3 aromatic rings. The van der Waals surface area contributed by atoms with E-state index in [4.69, 9.17) is 5.11 Å². The zero-order valence-electron chi connectivity index (χ0n) is 9.48. The lowest BCUT2D eigenvalue weighted by molar-refractivity contribution is 0.275. The molecule has 18 heavy (non-hydrogen) atoms. The van der Waals surface area contributed by atoms with E-state index in [0.29, 0.717) is 11.3 Å². The summed E-state index contributed by atoms with van der Waals surface area (Å²) in [5.41, 5.74) is 2.42. The van der Waals surface area contributed by atoms with Gasteiger partial charge in [0.1, 0.15) is 22.5 Å². The molecule has 5 nitrogen and oxygen atoms in total. The first-order valence-corrected chi connectivity index (χ1v) is 5.54. The Balaban J connectivity index is 2.20. The topological polar surface area (TPSA) is 71.2 Å². The van der Waals surface area contributed by atoms with Crippen LogP contribution in [0.3, 0.4) is 0 Å². The highest BCUT2D eigenvalue weighted by Gasteiger charge is 2.11. The van der Waals surface area contributed by atoms with Gasteiger partial charge in [0.25, 0.3) is 0 Å². The van der Waals surface area contributed by atoms with Gasteiger partial charge >= 0.3 is 0 Å². The van der Waals surface area contributed by atoms with Gasteiger partial charge < -0.3 is 10.2 Å². The number of aliphatic hydroxyl groups excluding tert-OH is 1. The maximum atomic E-state index is 10.0. The second-order valence-electron chi connectivity index (χ2n) is 3.92. The standard InChI is InChI=1S/C13H11N3O2/c17-8-9-4-3-7-12(13(9)18)16-14-10-5-1-2-6-11(10)15-16/h1-7,17-18H,8H2. The Labute approximate surface area is 103 Å². The van der Waals surface area contributed by atoms with Crippen molar-refractivity contribution in [3.05, 3.63) is 48.0 Å². The molecular weight excluding hydrogens is 230 g/mol. The van der Waals surface area contributed by atoms with Gasteiger partial charge in [0.15, 0.2) is 0 Å². The van der Waals surface area contributed by atoms with Gasteiger partial charge in [0, 0.05) is 5.56 Å². The average molecular weight is 241 g/mol. The van der Waals surface area contributed by atoms with E-state index < -0.39 is 0 Å². The van der Waals surface area contributed by atoms with Crippen molar-refractivity contribution < 1.29 is 10.2 Å². The lowest BCUT2D eigenvalue weighted by atomic mass is 10.2. The number of benzene rings is 2. The Kier molecular flexibility index (Phi) is 2.46. The third kappa shape index (κ3) is 1.61. The lowest BCUT2D eigenvalue weighted by Crippen LogP contribution is -2.00. The molecule has 0 radical (unpaired) electrons. The molecule has 1 aromatic heterocycles. The van der Waals surface area contributed by atoms with Crippen LogP contribution in [0.1, 0.15) is 5.56 Å². The van der Waals surface area contributed by atoms with Gasteiger partial charge in [0.2, 0.25) is 0 Å². The normalized spacial score (nSPS) is 10.9. The molecule has 0 saturated heterocycles.